The number of nitrogens with one attached hydrogen (secondary N) is 1. The zero-order valence-corrected chi connectivity index (χ0v) is 7.95. The van der Waals surface area contributed by atoms with E-state index in [0.717, 1.165) is 18.0 Å². The van der Waals surface area contributed by atoms with Gasteiger partial charge < -0.3 is 10.1 Å². The van der Waals surface area contributed by atoms with Crippen molar-refractivity contribution in [3.05, 3.63) is 24.0 Å². The predicted molar refractivity (Wildman–Crippen MR) is 51.0 cm³/mol. The van der Waals surface area contributed by atoms with Crippen molar-refractivity contribution in [2.75, 3.05) is 13.6 Å². The highest BCUT2D eigenvalue weighted by molar-refractivity contribution is 5.35. The Hall–Kier alpha value is -1.09. The summed E-state index contributed by atoms with van der Waals surface area (Å²) in [4.78, 5) is 4.34. The average Bonchev–Trinajstić information content (AvgIpc) is 2.44. The molecule has 3 heteroatoms. The van der Waals surface area contributed by atoms with Crippen molar-refractivity contribution < 1.29 is 4.74 Å². The van der Waals surface area contributed by atoms with E-state index in [0.29, 0.717) is 5.92 Å². The fourth-order valence-corrected chi connectivity index (χ4v) is 1.77. The van der Waals surface area contributed by atoms with Crippen LogP contribution in [0.4, 0.5) is 0 Å². The molecule has 0 radical (unpaired) electrons. The molecule has 0 unspecified atom stereocenters. The van der Waals surface area contributed by atoms with Gasteiger partial charge in [0.25, 0.3) is 0 Å². The smallest absolute Gasteiger partial charge is 0.141 e. The molecule has 0 spiro atoms. The van der Waals surface area contributed by atoms with E-state index in [2.05, 4.69) is 17.2 Å². The Kier molecular flexibility index (Phi) is 2.19. The van der Waals surface area contributed by atoms with Crippen molar-refractivity contribution in [2.24, 2.45) is 0 Å². The van der Waals surface area contributed by atoms with Gasteiger partial charge in [-0.05, 0) is 26.1 Å². The maximum atomic E-state index is 5.67. The number of hydrogen-bond acceptors (Lipinski definition) is 3. The molecule has 1 aromatic heterocycles. The zero-order valence-electron chi connectivity index (χ0n) is 7.95. The Morgan fingerprint density at radius 1 is 1.62 bits per heavy atom. The van der Waals surface area contributed by atoms with Gasteiger partial charge in [-0.15, -0.1) is 0 Å². The summed E-state index contributed by atoms with van der Waals surface area (Å²) in [7, 11) is 1.95. The number of nitrogens with zero attached hydrogens (tertiary/aromatic N) is 1. The van der Waals surface area contributed by atoms with E-state index < -0.39 is 0 Å². The van der Waals surface area contributed by atoms with Gasteiger partial charge >= 0.3 is 0 Å². The monoisotopic (exact) mass is 178 g/mol. The van der Waals surface area contributed by atoms with Crippen LogP contribution in [-0.4, -0.2) is 24.7 Å². The van der Waals surface area contributed by atoms with Crippen LogP contribution in [0.25, 0.3) is 0 Å². The Labute approximate surface area is 78.1 Å². The molecule has 70 valence electrons. The van der Waals surface area contributed by atoms with Gasteiger partial charge in [0.05, 0.1) is 11.6 Å². The number of likely N-dealkylation sites (N-methyl/N-ethyl adjacent to an activating group) is 1. The van der Waals surface area contributed by atoms with Crippen LogP contribution in [0.15, 0.2) is 18.3 Å². The molecule has 1 aliphatic rings. The first-order valence-electron chi connectivity index (χ1n) is 4.59. The Bertz CT molecular complexity index is 301. The number of hydrogen-bond donors (Lipinski definition) is 1. The standard InChI is InChI=1S/C10H14N2O/c1-7-8(6-11-2)10-9(13-7)4-3-5-12-10/h3-5,7-8,11H,6H2,1-2H3/t7-,8-/m1/s1. The topological polar surface area (TPSA) is 34.2 Å². The summed E-state index contributed by atoms with van der Waals surface area (Å²) < 4.78 is 5.67. The number of ether oxygens (including phenoxy) is 1. The Balaban J connectivity index is 2.29. The van der Waals surface area contributed by atoms with Gasteiger partial charge in [0, 0.05) is 12.7 Å². The van der Waals surface area contributed by atoms with Gasteiger partial charge in [-0.2, -0.15) is 0 Å². The summed E-state index contributed by atoms with van der Waals surface area (Å²) in [6, 6.07) is 3.89. The van der Waals surface area contributed by atoms with Crippen LogP contribution in [0.2, 0.25) is 0 Å². The SMILES string of the molecule is CNC[C@H]1c2ncccc2O[C@@H]1C. The summed E-state index contributed by atoms with van der Waals surface area (Å²) in [6.07, 6.45) is 2.06. The van der Waals surface area contributed by atoms with E-state index in [1.54, 1.807) is 0 Å². The van der Waals surface area contributed by atoms with Crippen LogP contribution in [0.3, 0.4) is 0 Å². The molecular formula is C10H14N2O. The molecule has 1 aromatic rings. The number of rotatable bonds is 2. The molecule has 3 nitrogen and oxygen atoms in total. The zero-order chi connectivity index (χ0) is 9.26. The summed E-state index contributed by atoms with van der Waals surface area (Å²) in [5.74, 6) is 1.33. The maximum Gasteiger partial charge on any atom is 0.141 e. The van der Waals surface area contributed by atoms with Crippen molar-refractivity contribution in [2.45, 2.75) is 18.9 Å². The second-order valence-corrected chi connectivity index (χ2v) is 3.37. The van der Waals surface area contributed by atoms with Crippen molar-refractivity contribution in [3.8, 4) is 5.75 Å². The van der Waals surface area contributed by atoms with Gasteiger partial charge in [-0.3, -0.25) is 4.98 Å². The van der Waals surface area contributed by atoms with E-state index in [1.807, 2.05) is 25.4 Å². The van der Waals surface area contributed by atoms with E-state index in [9.17, 15) is 0 Å². The first kappa shape index (κ1) is 8.51. The molecule has 0 amide bonds. The summed E-state index contributed by atoms with van der Waals surface area (Å²) in [5.41, 5.74) is 1.09. The summed E-state index contributed by atoms with van der Waals surface area (Å²) >= 11 is 0. The van der Waals surface area contributed by atoms with Gasteiger partial charge in [-0.25, -0.2) is 0 Å². The number of fused-ring (bicyclic) bond motifs is 1. The molecule has 0 aliphatic carbocycles. The number of aromatic nitrogens is 1. The largest absolute Gasteiger partial charge is 0.488 e. The molecule has 0 aromatic carbocycles. The van der Waals surface area contributed by atoms with Crippen molar-refractivity contribution in [1.82, 2.24) is 10.3 Å². The van der Waals surface area contributed by atoms with Crippen LogP contribution in [-0.2, 0) is 0 Å². The minimum Gasteiger partial charge on any atom is -0.488 e. The highest BCUT2D eigenvalue weighted by atomic mass is 16.5. The van der Waals surface area contributed by atoms with Gasteiger partial charge in [0.15, 0.2) is 0 Å². The first-order chi connectivity index (χ1) is 6.33. The van der Waals surface area contributed by atoms with Gasteiger partial charge in [-0.1, -0.05) is 0 Å². The second kappa shape index (κ2) is 3.34. The molecule has 13 heavy (non-hydrogen) atoms. The fraction of sp³-hybridized carbons (Fsp3) is 0.500. The van der Waals surface area contributed by atoms with E-state index in [4.69, 9.17) is 4.74 Å². The lowest BCUT2D eigenvalue weighted by atomic mass is 10.0. The number of pyridine rings is 1. The molecule has 0 saturated heterocycles. The lowest BCUT2D eigenvalue weighted by Gasteiger charge is -2.12. The van der Waals surface area contributed by atoms with Gasteiger partial charge in [0.2, 0.25) is 0 Å². The normalized spacial score (nSPS) is 25.4. The Morgan fingerprint density at radius 3 is 3.23 bits per heavy atom. The third kappa shape index (κ3) is 1.40. The predicted octanol–water partition coefficient (Wildman–Crippen LogP) is 1.17. The summed E-state index contributed by atoms with van der Waals surface area (Å²) in [6.45, 7) is 3.01. The highest BCUT2D eigenvalue weighted by Gasteiger charge is 2.31. The van der Waals surface area contributed by atoms with Crippen LogP contribution >= 0.6 is 0 Å². The second-order valence-electron chi connectivity index (χ2n) is 3.37. The van der Waals surface area contributed by atoms with E-state index >= 15 is 0 Å². The van der Waals surface area contributed by atoms with E-state index in [-0.39, 0.29) is 6.10 Å². The molecule has 1 aliphatic heterocycles. The summed E-state index contributed by atoms with van der Waals surface area (Å²) in [5, 5.41) is 3.16. The van der Waals surface area contributed by atoms with Crippen LogP contribution in [0.5, 0.6) is 5.75 Å². The molecular weight excluding hydrogens is 164 g/mol. The molecule has 0 bridgehead atoms. The van der Waals surface area contributed by atoms with Crippen LogP contribution < -0.4 is 10.1 Å². The average molecular weight is 178 g/mol. The molecule has 2 atom stereocenters. The third-order valence-electron chi connectivity index (χ3n) is 2.45. The van der Waals surface area contributed by atoms with Crippen molar-refractivity contribution >= 4 is 0 Å². The first-order valence-corrected chi connectivity index (χ1v) is 4.59. The minimum atomic E-state index is 0.234. The van der Waals surface area contributed by atoms with Crippen LogP contribution in [0.1, 0.15) is 18.5 Å². The third-order valence-corrected chi connectivity index (χ3v) is 2.45. The van der Waals surface area contributed by atoms with Gasteiger partial charge in [0.1, 0.15) is 11.9 Å². The molecule has 1 N–H and O–H groups in total. The molecule has 2 rings (SSSR count). The van der Waals surface area contributed by atoms with Crippen molar-refractivity contribution in [3.63, 3.8) is 0 Å². The lowest BCUT2D eigenvalue weighted by Crippen LogP contribution is -2.24. The van der Waals surface area contributed by atoms with Crippen molar-refractivity contribution in [1.29, 1.82) is 0 Å². The van der Waals surface area contributed by atoms with Crippen LogP contribution in [0, 0.1) is 0 Å². The molecule has 0 fully saturated rings. The lowest BCUT2D eigenvalue weighted by molar-refractivity contribution is 0.225. The highest BCUT2D eigenvalue weighted by Crippen LogP contribution is 2.35. The minimum absolute atomic E-state index is 0.234. The molecule has 0 saturated carbocycles. The molecule has 2 heterocycles. The van der Waals surface area contributed by atoms with E-state index in [1.165, 1.54) is 0 Å². The maximum absolute atomic E-state index is 5.67. The fourth-order valence-electron chi connectivity index (χ4n) is 1.77. The quantitative estimate of drug-likeness (QED) is 0.738. The Morgan fingerprint density at radius 2 is 2.46 bits per heavy atom.